The molecule has 0 unspecified atom stereocenters. The zero-order valence-electron chi connectivity index (χ0n) is 9.98. The van der Waals surface area contributed by atoms with Gasteiger partial charge in [-0.25, -0.2) is 4.79 Å². The number of benzene rings is 1. The van der Waals surface area contributed by atoms with E-state index in [4.69, 9.17) is 10.5 Å². The SMILES string of the molecule is NC(=O)N1CC(COc2ccc(C(F)(F)F)cc2)C1. The van der Waals surface area contributed by atoms with Gasteiger partial charge < -0.3 is 15.4 Å². The lowest BCUT2D eigenvalue weighted by molar-refractivity contribution is -0.137. The molecule has 0 spiro atoms. The fourth-order valence-electron chi connectivity index (χ4n) is 1.81. The number of halogens is 3. The number of nitrogens with two attached hydrogens (primary N) is 1. The molecule has 19 heavy (non-hydrogen) atoms. The summed E-state index contributed by atoms with van der Waals surface area (Å²) in [5.74, 6) is 0.556. The Morgan fingerprint density at radius 2 is 1.89 bits per heavy atom. The Morgan fingerprint density at radius 1 is 1.32 bits per heavy atom. The van der Waals surface area contributed by atoms with Crippen LogP contribution >= 0.6 is 0 Å². The van der Waals surface area contributed by atoms with Gasteiger partial charge in [0, 0.05) is 19.0 Å². The molecule has 0 saturated carbocycles. The van der Waals surface area contributed by atoms with Gasteiger partial charge >= 0.3 is 12.2 Å². The van der Waals surface area contributed by atoms with Crippen LogP contribution in [0.5, 0.6) is 5.75 Å². The van der Waals surface area contributed by atoms with Crippen molar-refractivity contribution < 1.29 is 22.7 Å². The van der Waals surface area contributed by atoms with Gasteiger partial charge in [-0.2, -0.15) is 13.2 Å². The van der Waals surface area contributed by atoms with Crippen LogP contribution in [0.25, 0.3) is 0 Å². The first-order chi connectivity index (χ1) is 8.86. The molecular weight excluding hydrogens is 261 g/mol. The van der Waals surface area contributed by atoms with Crippen LogP contribution in [-0.2, 0) is 6.18 Å². The number of hydrogen-bond acceptors (Lipinski definition) is 2. The molecule has 0 aliphatic carbocycles. The van der Waals surface area contributed by atoms with E-state index in [0.29, 0.717) is 25.4 Å². The van der Waals surface area contributed by atoms with Crippen LogP contribution in [0.3, 0.4) is 0 Å². The Bertz CT molecular complexity index is 453. The highest BCUT2D eigenvalue weighted by molar-refractivity contribution is 5.72. The highest BCUT2D eigenvalue weighted by Crippen LogP contribution is 2.30. The molecular formula is C12H13F3N2O2. The van der Waals surface area contributed by atoms with Crippen molar-refractivity contribution in [2.24, 2.45) is 11.7 Å². The third-order valence-corrected chi connectivity index (χ3v) is 2.94. The lowest BCUT2D eigenvalue weighted by Gasteiger charge is -2.37. The standard InChI is InChI=1S/C12H13F3N2O2/c13-12(14,15)9-1-3-10(4-2-9)19-7-8-5-17(6-8)11(16)18/h1-4,8H,5-7H2,(H2,16,18). The largest absolute Gasteiger partial charge is 0.493 e. The molecule has 7 heteroatoms. The number of nitrogens with zero attached hydrogens (tertiary/aromatic N) is 1. The van der Waals surface area contributed by atoms with Crippen LogP contribution in [0.15, 0.2) is 24.3 Å². The maximum absolute atomic E-state index is 12.3. The van der Waals surface area contributed by atoms with Gasteiger partial charge in [-0.15, -0.1) is 0 Å². The minimum Gasteiger partial charge on any atom is -0.493 e. The Kier molecular flexibility index (Phi) is 3.55. The van der Waals surface area contributed by atoms with Crippen LogP contribution in [0.1, 0.15) is 5.56 Å². The molecule has 1 saturated heterocycles. The smallest absolute Gasteiger partial charge is 0.416 e. The minimum absolute atomic E-state index is 0.176. The number of urea groups is 1. The van der Waals surface area contributed by atoms with E-state index in [0.717, 1.165) is 12.1 Å². The predicted octanol–water partition coefficient (Wildman–Crippen LogP) is 2.09. The zero-order chi connectivity index (χ0) is 14.0. The number of amides is 2. The van der Waals surface area contributed by atoms with Gasteiger partial charge in [0.15, 0.2) is 0 Å². The maximum Gasteiger partial charge on any atom is 0.416 e. The predicted molar refractivity (Wildman–Crippen MR) is 61.6 cm³/mol. The zero-order valence-corrected chi connectivity index (χ0v) is 9.98. The van der Waals surface area contributed by atoms with Crippen molar-refractivity contribution in [3.63, 3.8) is 0 Å². The van der Waals surface area contributed by atoms with Crippen molar-refractivity contribution >= 4 is 6.03 Å². The third-order valence-electron chi connectivity index (χ3n) is 2.94. The van der Waals surface area contributed by atoms with Gasteiger partial charge in [-0.05, 0) is 24.3 Å². The third kappa shape index (κ3) is 3.30. The summed E-state index contributed by atoms with van der Waals surface area (Å²) in [6, 6.07) is 4.06. The van der Waals surface area contributed by atoms with E-state index in [1.54, 1.807) is 0 Å². The molecule has 104 valence electrons. The van der Waals surface area contributed by atoms with Crippen molar-refractivity contribution in [2.75, 3.05) is 19.7 Å². The molecule has 1 aliphatic rings. The molecule has 4 nitrogen and oxygen atoms in total. The van der Waals surface area contributed by atoms with E-state index in [1.165, 1.54) is 17.0 Å². The van der Waals surface area contributed by atoms with E-state index in [2.05, 4.69) is 0 Å². The second-order valence-electron chi connectivity index (χ2n) is 4.44. The number of hydrogen-bond donors (Lipinski definition) is 1. The molecule has 0 aromatic heterocycles. The van der Waals surface area contributed by atoms with Crippen molar-refractivity contribution in [3.8, 4) is 5.75 Å². The molecule has 2 N–H and O–H groups in total. The summed E-state index contributed by atoms with van der Waals surface area (Å²) in [5, 5.41) is 0. The Hall–Kier alpha value is -1.92. The van der Waals surface area contributed by atoms with Crippen molar-refractivity contribution in [3.05, 3.63) is 29.8 Å². The topological polar surface area (TPSA) is 55.6 Å². The number of ether oxygens (including phenoxy) is 1. The molecule has 2 rings (SSSR count). The molecule has 1 aromatic rings. The summed E-state index contributed by atoms with van der Waals surface area (Å²) < 4.78 is 42.3. The van der Waals surface area contributed by atoms with E-state index >= 15 is 0 Å². The summed E-state index contributed by atoms with van der Waals surface area (Å²) in [4.78, 5) is 12.2. The summed E-state index contributed by atoms with van der Waals surface area (Å²) >= 11 is 0. The van der Waals surface area contributed by atoms with E-state index in [-0.39, 0.29) is 5.92 Å². The average molecular weight is 274 g/mol. The number of carbonyl (C=O) groups excluding carboxylic acids is 1. The van der Waals surface area contributed by atoms with Gasteiger partial charge in [0.25, 0.3) is 0 Å². The van der Waals surface area contributed by atoms with Gasteiger partial charge in [0.2, 0.25) is 0 Å². The lowest BCUT2D eigenvalue weighted by Crippen LogP contribution is -2.54. The Balaban J connectivity index is 1.80. The molecule has 1 aliphatic heterocycles. The normalized spacial score (nSPS) is 16.1. The molecule has 2 amide bonds. The molecule has 1 fully saturated rings. The summed E-state index contributed by atoms with van der Waals surface area (Å²) in [6.07, 6.45) is -4.34. The van der Waals surface area contributed by atoms with Gasteiger partial charge in [-0.3, -0.25) is 0 Å². The number of primary amides is 1. The number of alkyl halides is 3. The molecule has 1 aromatic carbocycles. The van der Waals surface area contributed by atoms with Crippen LogP contribution in [0.2, 0.25) is 0 Å². The second-order valence-corrected chi connectivity index (χ2v) is 4.44. The molecule has 1 heterocycles. The van der Waals surface area contributed by atoms with Crippen molar-refractivity contribution in [1.29, 1.82) is 0 Å². The average Bonchev–Trinajstić information content (AvgIpc) is 2.25. The minimum atomic E-state index is -4.34. The van der Waals surface area contributed by atoms with Crippen molar-refractivity contribution in [1.82, 2.24) is 4.90 Å². The molecule has 0 bridgehead atoms. The van der Waals surface area contributed by atoms with E-state index in [9.17, 15) is 18.0 Å². The summed E-state index contributed by atoms with van der Waals surface area (Å²) in [7, 11) is 0. The highest BCUT2D eigenvalue weighted by atomic mass is 19.4. The van der Waals surface area contributed by atoms with Gasteiger partial charge in [-0.1, -0.05) is 0 Å². The quantitative estimate of drug-likeness (QED) is 0.917. The van der Waals surface area contributed by atoms with Crippen LogP contribution in [0.4, 0.5) is 18.0 Å². The monoisotopic (exact) mass is 274 g/mol. The molecule has 0 atom stereocenters. The maximum atomic E-state index is 12.3. The Morgan fingerprint density at radius 3 is 2.37 bits per heavy atom. The lowest BCUT2D eigenvalue weighted by atomic mass is 10.0. The van der Waals surface area contributed by atoms with Crippen molar-refractivity contribution in [2.45, 2.75) is 6.18 Å². The van der Waals surface area contributed by atoms with Crippen LogP contribution < -0.4 is 10.5 Å². The second kappa shape index (κ2) is 4.99. The van der Waals surface area contributed by atoms with E-state index < -0.39 is 17.8 Å². The highest BCUT2D eigenvalue weighted by Gasteiger charge is 2.31. The number of rotatable bonds is 3. The fourth-order valence-corrected chi connectivity index (χ4v) is 1.81. The van der Waals surface area contributed by atoms with Gasteiger partial charge in [0.1, 0.15) is 5.75 Å². The first-order valence-electron chi connectivity index (χ1n) is 5.70. The first kappa shape index (κ1) is 13.5. The first-order valence-corrected chi connectivity index (χ1v) is 5.70. The molecule has 0 radical (unpaired) electrons. The number of carbonyl (C=O) groups is 1. The van der Waals surface area contributed by atoms with E-state index in [1.807, 2.05) is 0 Å². The van der Waals surface area contributed by atoms with Crippen LogP contribution in [-0.4, -0.2) is 30.6 Å². The summed E-state index contributed by atoms with van der Waals surface area (Å²) in [5.41, 5.74) is 4.36. The van der Waals surface area contributed by atoms with Crippen LogP contribution in [0, 0.1) is 5.92 Å². The Labute approximate surface area is 107 Å². The summed E-state index contributed by atoms with van der Waals surface area (Å²) in [6.45, 7) is 1.40. The number of likely N-dealkylation sites (tertiary alicyclic amines) is 1. The van der Waals surface area contributed by atoms with Gasteiger partial charge in [0.05, 0.1) is 12.2 Å². The fraction of sp³-hybridized carbons (Fsp3) is 0.417.